The van der Waals surface area contributed by atoms with E-state index in [1.54, 1.807) is 12.1 Å². The summed E-state index contributed by atoms with van der Waals surface area (Å²) >= 11 is 0. The van der Waals surface area contributed by atoms with Gasteiger partial charge in [0.2, 0.25) is 0 Å². The molecule has 100 valence electrons. The van der Waals surface area contributed by atoms with Crippen molar-refractivity contribution in [1.82, 2.24) is 0 Å². The second-order valence-electron chi connectivity index (χ2n) is 5.34. The van der Waals surface area contributed by atoms with Crippen molar-refractivity contribution in [2.24, 2.45) is 5.41 Å². The molecule has 1 N–H and O–H groups in total. The molecular weight excluding hydrogens is 234 g/mol. The summed E-state index contributed by atoms with van der Waals surface area (Å²) in [6, 6.07) is 4.67. The van der Waals surface area contributed by atoms with E-state index in [1.165, 1.54) is 13.2 Å². The molecule has 0 aliphatic rings. The largest absolute Gasteiger partial charge is 0.497 e. The number of benzene rings is 1. The zero-order valence-electron chi connectivity index (χ0n) is 11.1. The Morgan fingerprint density at radius 3 is 2.50 bits per heavy atom. The maximum Gasteiger partial charge on any atom is 0.276 e. The first-order valence-corrected chi connectivity index (χ1v) is 5.75. The SMILES string of the molecule is COc1ccc(CC(O)C(C)(C)C)c([N+](=O)[O-])c1. The molecule has 18 heavy (non-hydrogen) atoms. The van der Waals surface area contributed by atoms with Crippen LogP contribution >= 0.6 is 0 Å². The third-order valence-corrected chi connectivity index (χ3v) is 2.90. The van der Waals surface area contributed by atoms with Gasteiger partial charge in [-0.3, -0.25) is 10.1 Å². The van der Waals surface area contributed by atoms with Crippen molar-refractivity contribution in [2.75, 3.05) is 7.11 Å². The van der Waals surface area contributed by atoms with Crippen molar-refractivity contribution in [2.45, 2.75) is 33.3 Å². The summed E-state index contributed by atoms with van der Waals surface area (Å²) in [5, 5.41) is 21.0. The number of rotatable bonds is 4. The molecule has 1 aromatic carbocycles. The highest BCUT2D eigenvalue weighted by molar-refractivity contribution is 5.46. The Morgan fingerprint density at radius 1 is 1.44 bits per heavy atom. The van der Waals surface area contributed by atoms with Crippen LogP contribution in [-0.2, 0) is 6.42 Å². The van der Waals surface area contributed by atoms with Crippen LogP contribution in [0.5, 0.6) is 5.75 Å². The molecule has 0 bridgehead atoms. The zero-order chi connectivity index (χ0) is 13.9. The topological polar surface area (TPSA) is 72.6 Å². The molecule has 0 fully saturated rings. The second-order valence-corrected chi connectivity index (χ2v) is 5.34. The predicted molar refractivity (Wildman–Crippen MR) is 68.8 cm³/mol. The average Bonchev–Trinajstić information content (AvgIpc) is 2.27. The molecule has 0 aromatic heterocycles. The van der Waals surface area contributed by atoms with Crippen LogP contribution in [-0.4, -0.2) is 23.2 Å². The minimum Gasteiger partial charge on any atom is -0.497 e. The van der Waals surface area contributed by atoms with Gasteiger partial charge in [-0.1, -0.05) is 20.8 Å². The van der Waals surface area contributed by atoms with E-state index in [2.05, 4.69) is 0 Å². The molecule has 0 radical (unpaired) electrons. The Hall–Kier alpha value is -1.62. The number of hydrogen-bond donors (Lipinski definition) is 1. The quantitative estimate of drug-likeness (QED) is 0.661. The average molecular weight is 253 g/mol. The minimum atomic E-state index is -0.635. The first-order chi connectivity index (χ1) is 8.25. The van der Waals surface area contributed by atoms with Gasteiger partial charge in [0, 0.05) is 12.0 Å². The van der Waals surface area contributed by atoms with Crippen molar-refractivity contribution in [3.05, 3.63) is 33.9 Å². The van der Waals surface area contributed by atoms with E-state index < -0.39 is 11.0 Å². The molecule has 1 rings (SSSR count). The van der Waals surface area contributed by atoms with Crippen LogP contribution in [0, 0.1) is 15.5 Å². The monoisotopic (exact) mass is 253 g/mol. The van der Waals surface area contributed by atoms with Crippen LogP contribution in [0.4, 0.5) is 5.69 Å². The van der Waals surface area contributed by atoms with Gasteiger partial charge >= 0.3 is 0 Å². The number of aliphatic hydroxyl groups is 1. The Morgan fingerprint density at radius 2 is 2.06 bits per heavy atom. The molecule has 0 aliphatic heterocycles. The van der Waals surface area contributed by atoms with Gasteiger partial charge < -0.3 is 9.84 Å². The lowest BCUT2D eigenvalue weighted by molar-refractivity contribution is -0.385. The fourth-order valence-electron chi connectivity index (χ4n) is 1.53. The molecular formula is C13H19NO4. The summed E-state index contributed by atoms with van der Waals surface area (Å²) in [5.41, 5.74) is 0.189. The highest BCUT2D eigenvalue weighted by Crippen LogP contribution is 2.29. The fraction of sp³-hybridized carbons (Fsp3) is 0.538. The normalized spacial score (nSPS) is 13.2. The maximum absolute atomic E-state index is 11.0. The molecule has 1 atom stereocenters. The zero-order valence-corrected chi connectivity index (χ0v) is 11.1. The third-order valence-electron chi connectivity index (χ3n) is 2.90. The number of ether oxygens (including phenoxy) is 1. The van der Waals surface area contributed by atoms with E-state index in [1.807, 2.05) is 20.8 Å². The Kier molecular flexibility index (Phi) is 4.29. The van der Waals surface area contributed by atoms with Crippen molar-refractivity contribution >= 4 is 5.69 Å². The lowest BCUT2D eigenvalue weighted by atomic mass is 9.85. The number of hydrogen-bond acceptors (Lipinski definition) is 4. The number of nitro benzene ring substituents is 1. The number of nitrogens with zero attached hydrogens (tertiary/aromatic N) is 1. The van der Waals surface area contributed by atoms with Crippen LogP contribution in [0.3, 0.4) is 0 Å². The van der Waals surface area contributed by atoms with E-state index in [-0.39, 0.29) is 17.5 Å². The number of nitro groups is 1. The molecule has 0 aliphatic carbocycles. The van der Waals surface area contributed by atoms with Gasteiger partial charge in [-0.25, -0.2) is 0 Å². The van der Waals surface area contributed by atoms with E-state index in [9.17, 15) is 15.2 Å². The van der Waals surface area contributed by atoms with Crippen molar-refractivity contribution in [3.8, 4) is 5.75 Å². The minimum absolute atomic E-state index is 0.0161. The van der Waals surface area contributed by atoms with Gasteiger partial charge in [-0.2, -0.15) is 0 Å². The summed E-state index contributed by atoms with van der Waals surface area (Å²) in [6.07, 6.45) is -0.381. The lowest BCUT2D eigenvalue weighted by Gasteiger charge is -2.25. The standard InChI is InChI=1S/C13H19NO4/c1-13(2,3)12(15)7-9-5-6-10(18-4)8-11(9)14(16)17/h5-6,8,12,15H,7H2,1-4H3. The van der Waals surface area contributed by atoms with E-state index in [4.69, 9.17) is 4.74 Å². The molecule has 0 saturated heterocycles. The van der Waals surface area contributed by atoms with Crippen LogP contribution in [0.25, 0.3) is 0 Å². The molecule has 1 aromatic rings. The van der Waals surface area contributed by atoms with Crippen LogP contribution in [0.1, 0.15) is 26.3 Å². The molecule has 0 saturated carbocycles. The Bertz CT molecular complexity index is 437. The van der Waals surface area contributed by atoms with Gasteiger partial charge in [0.1, 0.15) is 5.75 Å². The molecule has 5 nitrogen and oxygen atoms in total. The first-order valence-electron chi connectivity index (χ1n) is 5.75. The third kappa shape index (κ3) is 3.43. The van der Waals surface area contributed by atoms with Crippen molar-refractivity contribution in [3.63, 3.8) is 0 Å². The molecule has 1 unspecified atom stereocenters. The highest BCUT2D eigenvalue weighted by atomic mass is 16.6. The van der Waals surface area contributed by atoms with Crippen molar-refractivity contribution in [1.29, 1.82) is 0 Å². The summed E-state index contributed by atoms with van der Waals surface area (Å²) in [6.45, 7) is 5.69. The summed E-state index contributed by atoms with van der Waals surface area (Å²) in [4.78, 5) is 10.5. The predicted octanol–water partition coefficient (Wildman–Crippen LogP) is 2.55. The van der Waals surface area contributed by atoms with Crippen molar-refractivity contribution < 1.29 is 14.8 Å². The summed E-state index contributed by atoms with van der Waals surface area (Å²) in [7, 11) is 1.46. The number of aliphatic hydroxyl groups excluding tert-OH is 1. The summed E-state index contributed by atoms with van der Waals surface area (Å²) < 4.78 is 4.97. The Balaban J connectivity index is 3.05. The summed E-state index contributed by atoms with van der Waals surface area (Å²) in [5.74, 6) is 0.440. The molecule has 0 heterocycles. The number of methoxy groups -OCH3 is 1. The first kappa shape index (κ1) is 14.4. The van der Waals surface area contributed by atoms with E-state index in [0.29, 0.717) is 11.3 Å². The van der Waals surface area contributed by atoms with Crippen LogP contribution in [0.15, 0.2) is 18.2 Å². The van der Waals surface area contributed by atoms with Gasteiger partial charge in [0.05, 0.1) is 24.2 Å². The Labute approximate surface area is 107 Å². The van der Waals surface area contributed by atoms with Gasteiger partial charge in [-0.05, 0) is 17.5 Å². The van der Waals surface area contributed by atoms with Crippen LogP contribution in [0.2, 0.25) is 0 Å². The highest BCUT2D eigenvalue weighted by Gasteiger charge is 2.25. The second kappa shape index (κ2) is 5.35. The molecule has 0 spiro atoms. The fourth-order valence-corrected chi connectivity index (χ4v) is 1.53. The van der Waals surface area contributed by atoms with Gasteiger partial charge in [0.15, 0.2) is 0 Å². The van der Waals surface area contributed by atoms with Gasteiger partial charge in [0.25, 0.3) is 5.69 Å². The van der Waals surface area contributed by atoms with Crippen LogP contribution < -0.4 is 4.74 Å². The maximum atomic E-state index is 11.0. The van der Waals surface area contributed by atoms with E-state index >= 15 is 0 Å². The molecule has 5 heteroatoms. The smallest absolute Gasteiger partial charge is 0.276 e. The van der Waals surface area contributed by atoms with E-state index in [0.717, 1.165) is 0 Å². The van der Waals surface area contributed by atoms with Gasteiger partial charge in [-0.15, -0.1) is 0 Å². The lowest BCUT2D eigenvalue weighted by Crippen LogP contribution is -2.28. The molecule has 0 amide bonds.